The van der Waals surface area contributed by atoms with E-state index in [9.17, 15) is 4.79 Å². The van der Waals surface area contributed by atoms with Gasteiger partial charge >= 0.3 is 0 Å². The predicted octanol–water partition coefficient (Wildman–Crippen LogP) is 3.26. The van der Waals surface area contributed by atoms with Crippen LogP contribution in [0.5, 0.6) is 11.5 Å². The number of nitrogens with zero attached hydrogens (tertiary/aromatic N) is 4. The number of aryl methyl sites for hydroxylation is 1. The van der Waals surface area contributed by atoms with Crippen molar-refractivity contribution < 1.29 is 14.3 Å². The molecule has 0 fully saturated rings. The third-order valence-electron chi connectivity index (χ3n) is 5.46. The van der Waals surface area contributed by atoms with E-state index in [4.69, 9.17) is 21.1 Å². The molecular formula is C24H29ClN8O3. The lowest BCUT2D eigenvalue weighted by atomic mass is 10.2. The van der Waals surface area contributed by atoms with Crippen LogP contribution in [0, 0.1) is 0 Å². The summed E-state index contributed by atoms with van der Waals surface area (Å²) in [5.74, 6) is 1.71. The van der Waals surface area contributed by atoms with Crippen LogP contribution in [0.4, 0.5) is 11.6 Å². The number of aromatic amines is 1. The molecule has 4 aromatic rings. The molecule has 0 radical (unpaired) electrons. The Morgan fingerprint density at radius 2 is 2.08 bits per heavy atom. The van der Waals surface area contributed by atoms with Crippen LogP contribution in [0.15, 0.2) is 36.5 Å². The topological polar surface area (TPSA) is 131 Å². The van der Waals surface area contributed by atoms with Crippen molar-refractivity contribution in [1.29, 1.82) is 0 Å². The number of fused-ring (bicyclic) bond motifs is 1. The van der Waals surface area contributed by atoms with E-state index in [1.54, 1.807) is 30.1 Å². The Bertz CT molecular complexity index is 1350. The maximum absolute atomic E-state index is 12.2. The van der Waals surface area contributed by atoms with Crippen LogP contribution in [-0.2, 0) is 11.8 Å². The standard InChI is InChI=1S/C24H29ClN8O3/c1-5-26-11-14(2)28-21(34)13-36-19-9-6-15(10-20(19)35-4)23-30-24(33(3)32-23)29-18-8-7-17-16(22(18)25)12-27-31-17/h6-10,12,14,26H,5,11,13H2,1-4H3,(H,27,31)(H,28,34)(H,29,30,32). The summed E-state index contributed by atoms with van der Waals surface area (Å²) >= 11 is 6.53. The fourth-order valence-corrected chi connectivity index (χ4v) is 3.87. The number of carbonyl (C=O) groups excluding carboxylic acids is 1. The molecular weight excluding hydrogens is 484 g/mol. The molecule has 12 heteroatoms. The molecule has 0 spiro atoms. The highest BCUT2D eigenvalue weighted by Crippen LogP contribution is 2.34. The van der Waals surface area contributed by atoms with Crippen LogP contribution in [0.3, 0.4) is 0 Å². The van der Waals surface area contributed by atoms with Crippen molar-refractivity contribution in [2.24, 2.45) is 7.05 Å². The summed E-state index contributed by atoms with van der Waals surface area (Å²) < 4.78 is 12.8. The molecule has 0 aliphatic rings. The van der Waals surface area contributed by atoms with Crippen molar-refractivity contribution in [3.8, 4) is 22.9 Å². The Hall–Kier alpha value is -3.83. The molecule has 2 heterocycles. The number of halogens is 1. The number of ether oxygens (including phenoxy) is 2. The van der Waals surface area contributed by atoms with Crippen molar-refractivity contribution in [2.45, 2.75) is 19.9 Å². The Labute approximate surface area is 213 Å². The third-order valence-corrected chi connectivity index (χ3v) is 5.86. The van der Waals surface area contributed by atoms with Gasteiger partial charge in [-0.05, 0) is 43.8 Å². The van der Waals surface area contributed by atoms with E-state index in [-0.39, 0.29) is 18.6 Å². The van der Waals surface area contributed by atoms with E-state index in [1.807, 2.05) is 32.0 Å². The molecule has 4 N–H and O–H groups in total. The van der Waals surface area contributed by atoms with Crippen LogP contribution >= 0.6 is 11.6 Å². The molecule has 2 aromatic carbocycles. The zero-order valence-electron chi connectivity index (χ0n) is 20.6. The summed E-state index contributed by atoms with van der Waals surface area (Å²) in [5, 5.41) is 22.1. The van der Waals surface area contributed by atoms with E-state index in [0.717, 1.165) is 23.0 Å². The number of amides is 1. The zero-order valence-corrected chi connectivity index (χ0v) is 21.3. The SMILES string of the molecule is CCNCC(C)NC(=O)COc1ccc(-c2nc(Nc3ccc4[nH]ncc4c3Cl)n(C)n2)cc1OC. The quantitative estimate of drug-likeness (QED) is 0.241. The maximum Gasteiger partial charge on any atom is 0.258 e. The summed E-state index contributed by atoms with van der Waals surface area (Å²) in [4.78, 5) is 16.8. The van der Waals surface area contributed by atoms with Gasteiger partial charge in [0.25, 0.3) is 5.91 Å². The number of carbonyl (C=O) groups is 1. The first kappa shape index (κ1) is 25.3. The zero-order chi connectivity index (χ0) is 25.7. The Morgan fingerprint density at radius 3 is 2.86 bits per heavy atom. The minimum atomic E-state index is -0.207. The number of rotatable bonds is 11. The molecule has 0 aliphatic heterocycles. The number of methoxy groups -OCH3 is 1. The van der Waals surface area contributed by atoms with Crippen molar-refractivity contribution in [2.75, 3.05) is 32.1 Å². The van der Waals surface area contributed by atoms with Gasteiger partial charge in [0.2, 0.25) is 5.95 Å². The molecule has 11 nitrogen and oxygen atoms in total. The molecule has 36 heavy (non-hydrogen) atoms. The molecule has 0 aliphatic carbocycles. The predicted molar refractivity (Wildman–Crippen MR) is 139 cm³/mol. The van der Waals surface area contributed by atoms with Crippen LogP contribution in [0.1, 0.15) is 13.8 Å². The molecule has 1 atom stereocenters. The van der Waals surface area contributed by atoms with E-state index < -0.39 is 0 Å². The number of hydrogen-bond donors (Lipinski definition) is 4. The monoisotopic (exact) mass is 512 g/mol. The van der Waals surface area contributed by atoms with Crippen LogP contribution in [-0.4, -0.2) is 63.7 Å². The molecule has 0 bridgehead atoms. The maximum atomic E-state index is 12.2. The number of nitrogens with one attached hydrogen (secondary N) is 4. The normalized spacial score (nSPS) is 11.9. The van der Waals surface area contributed by atoms with Crippen LogP contribution < -0.4 is 25.4 Å². The lowest BCUT2D eigenvalue weighted by Crippen LogP contribution is -2.42. The first-order valence-corrected chi connectivity index (χ1v) is 11.9. The van der Waals surface area contributed by atoms with Gasteiger partial charge in [-0.2, -0.15) is 10.1 Å². The van der Waals surface area contributed by atoms with Gasteiger partial charge in [-0.1, -0.05) is 18.5 Å². The van der Waals surface area contributed by atoms with E-state index in [1.165, 1.54) is 7.11 Å². The van der Waals surface area contributed by atoms with Crippen molar-refractivity contribution in [1.82, 2.24) is 35.6 Å². The molecule has 1 unspecified atom stereocenters. The summed E-state index contributed by atoms with van der Waals surface area (Å²) in [6, 6.07) is 9.05. The van der Waals surface area contributed by atoms with Gasteiger partial charge in [0.15, 0.2) is 23.9 Å². The Kier molecular flexibility index (Phi) is 7.91. The first-order chi connectivity index (χ1) is 17.4. The fourth-order valence-electron chi connectivity index (χ4n) is 3.61. The highest BCUT2D eigenvalue weighted by atomic mass is 35.5. The van der Waals surface area contributed by atoms with Crippen LogP contribution in [0.2, 0.25) is 5.02 Å². The number of aromatic nitrogens is 5. The van der Waals surface area contributed by atoms with Crippen molar-refractivity contribution in [3.63, 3.8) is 0 Å². The second-order valence-corrected chi connectivity index (χ2v) is 8.57. The first-order valence-electron chi connectivity index (χ1n) is 11.5. The molecule has 190 valence electrons. The molecule has 0 saturated carbocycles. The van der Waals surface area contributed by atoms with Crippen molar-refractivity contribution in [3.05, 3.63) is 41.6 Å². The van der Waals surface area contributed by atoms with E-state index in [0.29, 0.717) is 40.5 Å². The van der Waals surface area contributed by atoms with Gasteiger partial charge in [-0.15, -0.1) is 5.10 Å². The van der Waals surface area contributed by atoms with Crippen LogP contribution in [0.25, 0.3) is 22.3 Å². The van der Waals surface area contributed by atoms with E-state index >= 15 is 0 Å². The molecule has 4 rings (SSSR count). The number of likely N-dealkylation sites (N-methyl/N-ethyl adjacent to an activating group) is 1. The van der Waals surface area contributed by atoms with Gasteiger partial charge in [0.1, 0.15) is 0 Å². The second kappa shape index (κ2) is 11.3. The second-order valence-electron chi connectivity index (χ2n) is 8.20. The minimum absolute atomic E-state index is 0.000149. The minimum Gasteiger partial charge on any atom is -0.493 e. The molecule has 0 saturated heterocycles. The highest BCUT2D eigenvalue weighted by Gasteiger charge is 2.16. The van der Waals surface area contributed by atoms with Gasteiger partial charge in [-0.25, -0.2) is 4.68 Å². The number of benzene rings is 2. The average molecular weight is 513 g/mol. The summed E-state index contributed by atoms with van der Waals surface area (Å²) in [6.45, 7) is 5.37. The summed E-state index contributed by atoms with van der Waals surface area (Å²) in [7, 11) is 3.32. The molecule has 2 aromatic heterocycles. The summed E-state index contributed by atoms with van der Waals surface area (Å²) in [5.41, 5.74) is 2.26. The van der Waals surface area contributed by atoms with Gasteiger partial charge < -0.3 is 25.4 Å². The lowest BCUT2D eigenvalue weighted by molar-refractivity contribution is -0.123. The Morgan fingerprint density at radius 1 is 1.25 bits per heavy atom. The number of H-pyrrole nitrogens is 1. The smallest absolute Gasteiger partial charge is 0.258 e. The van der Waals surface area contributed by atoms with Gasteiger partial charge in [0.05, 0.1) is 29.5 Å². The van der Waals surface area contributed by atoms with E-state index in [2.05, 4.69) is 36.2 Å². The number of anilines is 2. The van der Waals surface area contributed by atoms with Gasteiger partial charge in [-0.3, -0.25) is 9.89 Å². The Balaban J connectivity index is 1.46. The van der Waals surface area contributed by atoms with Gasteiger partial charge in [0, 0.05) is 30.6 Å². The fraction of sp³-hybridized carbons (Fsp3) is 0.333. The lowest BCUT2D eigenvalue weighted by Gasteiger charge is -2.15. The average Bonchev–Trinajstić information content (AvgIpc) is 3.50. The number of hydrogen-bond acceptors (Lipinski definition) is 8. The largest absolute Gasteiger partial charge is 0.493 e. The third kappa shape index (κ3) is 5.69. The van der Waals surface area contributed by atoms with Crippen molar-refractivity contribution >= 4 is 40.0 Å². The highest BCUT2D eigenvalue weighted by molar-refractivity contribution is 6.38. The summed E-state index contributed by atoms with van der Waals surface area (Å²) in [6.07, 6.45) is 1.68. The molecule has 1 amide bonds.